The molecule has 2 heterocycles. The van der Waals surface area contributed by atoms with Crippen LogP contribution in [0.1, 0.15) is 0 Å². The highest BCUT2D eigenvalue weighted by molar-refractivity contribution is 7.98. The lowest BCUT2D eigenvalue weighted by Gasteiger charge is -2.09. The Hall–Kier alpha value is -2.79. The van der Waals surface area contributed by atoms with Crippen molar-refractivity contribution >= 4 is 28.9 Å². The SMILES string of the molecule is CSc1ccc(-c2nc3cnccn3c2Nc2ccccc2)cc1. The summed E-state index contributed by atoms with van der Waals surface area (Å²) in [5, 5.41) is 3.49. The Morgan fingerprint density at radius 1 is 1.00 bits per heavy atom. The Labute approximate surface area is 144 Å². The molecule has 1 N–H and O–H groups in total. The number of fused-ring (bicyclic) bond motifs is 1. The normalized spacial score (nSPS) is 10.9. The second-order valence-corrected chi connectivity index (χ2v) is 6.21. The first-order valence-electron chi connectivity index (χ1n) is 7.64. The van der Waals surface area contributed by atoms with Crippen LogP contribution in [0.2, 0.25) is 0 Å². The molecule has 5 heteroatoms. The second kappa shape index (κ2) is 6.37. The van der Waals surface area contributed by atoms with Crippen LogP contribution in [-0.4, -0.2) is 20.6 Å². The first-order chi connectivity index (χ1) is 11.8. The fourth-order valence-electron chi connectivity index (χ4n) is 2.63. The van der Waals surface area contributed by atoms with Crippen molar-refractivity contribution < 1.29 is 0 Å². The molecular weight excluding hydrogens is 316 g/mol. The average molecular weight is 332 g/mol. The molecule has 0 bridgehead atoms. The van der Waals surface area contributed by atoms with Gasteiger partial charge < -0.3 is 5.32 Å². The third-order valence-corrected chi connectivity index (χ3v) is 4.57. The molecule has 0 fully saturated rings. The maximum absolute atomic E-state index is 4.77. The molecule has 0 amide bonds. The molecule has 0 saturated carbocycles. The number of nitrogens with one attached hydrogen (secondary N) is 1. The summed E-state index contributed by atoms with van der Waals surface area (Å²) in [5.41, 5.74) is 3.84. The van der Waals surface area contributed by atoms with E-state index in [0.717, 1.165) is 28.4 Å². The van der Waals surface area contributed by atoms with Gasteiger partial charge in [0, 0.05) is 28.5 Å². The highest BCUT2D eigenvalue weighted by Crippen LogP contribution is 2.31. The summed E-state index contributed by atoms with van der Waals surface area (Å²) < 4.78 is 2.03. The molecule has 118 valence electrons. The minimum absolute atomic E-state index is 0.819. The predicted octanol–water partition coefficient (Wildman–Crippen LogP) is 4.86. The summed E-state index contributed by atoms with van der Waals surface area (Å²) in [6.07, 6.45) is 7.54. The minimum atomic E-state index is 0.819. The molecule has 4 aromatic rings. The van der Waals surface area contributed by atoms with Crippen molar-refractivity contribution in [3.8, 4) is 11.3 Å². The van der Waals surface area contributed by atoms with E-state index in [1.807, 2.05) is 40.9 Å². The number of para-hydroxylation sites is 1. The quantitative estimate of drug-likeness (QED) is 0.542. The molecular formula is C19H16N4S. The van der Waals surface area contributed by atoms with Gasteiger partial charge in [-0.05, 0) is 30.5 Å². The van der Waals surface area contributed by atoms with E-state index in [-0.39, 0.29) is 0 Å². The summed E-state index contributed by atoms with van der Waals surface area (Å²) >= 11 is 1.73. The standard InChI is InChI=1S/C19H16N4S/c1-24-16-9-7-14(8-10-16)18-19(21-15-5-3-2-4-6-15)23-12-11-20-13-17(23)22-18/h2-13,21H,1H3. The van der Waals surface area contributed by atoms with Gasteiger partial charge in [-0.25, -0.2) is 4.98 Å². The van der Waals surface area contributed by atoms with E-state index in [1.165, 1.54) is 4.90 Å². The van der Waals surface area contributed by atoms with E-state index in [1.54, 1.807) is 24.2 Å². The number of thioether (sulfide) groups is 1. The lowest BCUT2D eigenvalue weighted by molar-refractivity contribution is 1.13. The number of anilines is 2. The Bertz CT molecular complexity index is 962. The molecule has 4 nitrogen and oxygen atoms in total. The topological polar surface area (TPSA) is 42.2 Å². The van der Waals surface area contributed by atoms with Crippen molar-refractivity contribution in [1.82, 2.24) is 14.4 Å². The Kier molecular flexibility index (Phi) is 3.92. The van der Waals surface area contributed by atoms with Gasteiger partial charge in [0.15, 0.2) is 5.65 Å². The molecule has 0 atom stereocenters. The van der Waals surface area contributed by atoms with Crippen molar-refractivity contribution in [2.45, 2.75) is 4.90 Å². The number of hydrogen-bond donors (Lipinski definition) is 1. The fourth-order valence-corrected chi connectivity index (χ4v) is 3.04. The van der Waals surface area contributed by atoms with Gasteiger partial charge in [0.05, 0.1) is 6.20 Å². The van der Waals surface area contributed by atoms with Crippen LogP contribution in [0.3, 0.4) is 0 Å². The lowest BCUT2D eigenvalue weighted by Crippen LogP contribution is -1.96. The summed E-state index contributed by atoms with van der Waals surface area (Å²) in [5.74, 6) is 0.940. The molecule has 0 saturated heterocycles. The zero-order valence-corrected chi connectivity index (χ0v) is 14.0. The van der Waals surface area contributed by atoms with Crippen molar-refractivity contribution in [3.63, 3.8) is 0 Å². The number of rotatable bonds is 4. The summed E-state index contributed by atoms with van der Waals surface area (Å²) in [7, 11) is 0. The van der Waals surface area contributed by atoms with Gasteiger partial charge in [0.25, 0.3) is 0 Å². The molecule has 2 aromatic heterocycles. The van der Waals surface area contributed by atoms with E-state index in [2.05, 4.69) is 40.8 Å². The predicted molar refractivity (Wildman–Crippen MR) is 99.9 cm³/mol. The maximum Gasteiger partial charge on any atom is 0.157 e. The summed E-state index contributed by atoms with van der Waals surface area (Å²) in [6.45, 7) is 0. The van der Waals surface area contributed by atoms with Gasteiger partial charge >= 0.3 is 0 Å². The lowest BCUT2D eigenvalue weighted by atomic mass is 10.1. The highest BCUT2D eigenvalue weighted by atomic mass is 32.2. The molecule has 2 aromatic carbocycles. The molecule has 0 radical (unpaired) electrons. The summed E-state index contributed by atoms with van der Waals surface area (Å²) in [4.78, 5) is 10.2. The largest absolute Gasteiger partial charge is 0.339 e. The average Bonchev–Trinajstić information content (AvgIpc) is 3.01. The Balaban J connectivity index is 1.85. The van der Waals surface area contributed by atoms with Gasteiger partial charge in [-0.3, -0.25) is 9.38 Å². The Morgan fingerprint density at radius 3 is 2.54 bits per heavy atom. The van der Waals surface area contributed by atoms with E-state index >= 15 is 0 Å². The zero-order valence-electron chi connectivity index (χ0n) is 13.2. The highest BCUT2D eigenvalue weighted by Gasteiger charge is 2.14. The number of aromatic nitrogens is 3. The van der Waals surface area contributed by atoms with E-state index in [0.29, 0.717) is 0 Å². The monoisotopic (exact) mass is 332 g/mol. The summed E-state index contributed by atoms with van der Waals surface area (Å²) in [6, 6.07) is 18.6. The third-order valence-electron chi connectivity index (χ3n) is 3.83. The van der Waals surface area contributed by atoms with Gasteiger partial charge in [0.2, 0.25) is 0 Å². The number of imidazole rings is 1. The molecule has 0 aliphatic rings. The Morgan fingerprint density at radius 2 is 1.79 bits per heavy atom. The first kappa shape index (κ1) is 14.8. The van der Waals surface area contributed by atoms with Crippen molar-refractivity contribution in [2.24, 2.45) is 0 Å². The van der Waals surface area contributed by atoms with Gasteiger partial charge in [0.1, 0.15) is 11.5 Å². The molecule has 4 rings (SSSR count). The molecule has 0 unspecified atom stereocenters. The number of benzene rings is 2. The van der Waals surface area contributed by atoms with E-state index in [9.17, 15) is 0 Å². The van der Waals surface area contributed by atoms with E-state index < -0.39 is 0 Å². The van der Waals surface area contributed by atoms with Crippen molar-refractivity contribution in [2.75, 3.05) is 11.6 Å². The molecule has 0 aliphatic carbocycles. The molecule has 0 aliphatic heterocycles. The first-order valence-corrected chi connectivity index (χ1v) is 8.86. The second-order valence-electron chi connectivity index (χ2n) is 5.33. The van der Waals surface area contributed by atoms with Crippen LogP contribution >= 0.6 is 11.8 Å². The number of nitrogens with zero attached hydrogens (tertiary/aromatic N) is 3. The van der Waals surface area contributed by atoms with Crippen LogP contribution < -0.4 is 5.32 Å². The van der Waals surface area contributed by atoms with Crippen LogP contribution in [0.4, 0.5) is 11.5 Å². The van der Waals surface area contributed by atoms with Gasteiger partial charge in [-0.2, -0.15) is 0 Å². The fraction of sp³-hybridized carbons (Fsp3) is 0.0526. The van der Waals surface area contributed by atoms with Crippen LogP contribution in [0.25, 0.3) is 16.9 Å². The molecule has 0 spiro atoms. The minimum Gasteiger partial charge on any atom is -0.339 e. The zero-order chi connectivity index (χ0) is 16.4. The van der Waals surface area contributed by atoms with Crippen molar-refractivity contribution in [1.29, 1.82) is 0 Å². The smallest absolute Gasteiger partial charge is 0.157 e. The molecule has 24 heavy (non-hydrogen) atoms. The third kappa shape index (κ3) is 2.74. The van der Waals surface area contributed by atoms with Crippen molar-refractivity contribution in [3.05, 3.63) is 73.2 Å². The maximum atomic E-state index is 4.77. The van der Waals surface area contributed by atoms with Gasteiger partial charge in [-0.1, -0.05) is 30.3 Å². The van der Waals surface area contributed by atoms with E-state index in [4.69, 9.17) is 4.98 Å². The van der Waals surface area contributed by atoms with Crippen LogP contribution in [0.15, 0.2) is 78.1 Å². The van der Waals surface area contributed by atoms with Crippen LogP contribution in [0.5, 0.6) is 0 Å². The van der Waals surface area contributed by atoms with Gasteiger partial charge in [-0.15, -0.1) is 11.8 Å². The van der Waals surface area contributed by atoms with Crippen LogP contribution in [0, 0.1) is 0 Å². The number of hydrogen-bond acceptors (Lipinski definition) is 4. The van der Waals surface area contributed by atoms with Crippen LogP contribution in [-0.2, 0) is 0 Å².